The molecule has 0 aliphatic carbocycles. The summed E-state index contributed by atoms with van der Waals surface area (Å²) in [7, 11) is 3.12. The number of hydrogen-bond acceptors (Lipinski definition) is 6. The van der Waals surface area contributed by atoms with Gasteiger partial charge in [0, 0.05) is 14.1 Å². The summed E-state index contributed by atoms with van der Waals surface area (Å²) in [6.07, 6.45) is 0. The second kappa shape index (κ2) is 8.77. The fourth-order valence-electron chi connectivity index (χ4n) is 3.02. The van der Waals surface area contributed by atoms with Crippen LogP contribution in [0.25, 0.3) is 0 Å². The molecule has 1 aliphatic rings. The van der Waals surface area contributed by atoms with Gasteiger partial charge in [0.25, 0.3) is 17.7 Å². The topological polar surface area (TPSA) is 93.2 Å². The van der Waals surface area contributed by atoms with Crippen LogP contribution < -0.4 is 4.74 Å². The zero-order valence-electron chi connectivity index (χ0n) is 17.0. The van der Waals surface area contributed by atoms with Gasteiger partial charge in [-0.25, -0.2) is 4.79 Å². The number of carbonyl (C=O) groups is 4. The van der Waals surface area contributed by atoms with Gasteiger partial charge in [-0.1, -0.05) is 18.2 Å². The molecule has 156 valence electrons. The second-order valence-corrected chi connectivity index (χ2v) is 6.87. The first-order valence-electron chi connectivity index (χ1n) is 9.41. The van der Waals surface area contributed by atoms with Crippen molar-refractivity contribution in [1.82, 2.24) is 9.80 Å². The SMILES string of the molecule is CCOc1ccc(CN2C(=O)c3ccccc3C2=O)cc1C(=O)OCC(=O)N(C)C. The van der Waals surface area contributed by atoms with E-state index in [-0.39, 0.29) is 29.8 Å². The first kappa shape index (κ1) is 21.0. The van der Waals surface area contributed by atoms with E-state index < -0.39 is 12.6 Å². The molecule has 0 aromatic heterocycles. The molecule has 2 aromatic carbocycles. The molecule has 1 aliphatic heterocycles. The lowest BCUT2D eigenvalue weighted by molar-refractivity contribution is -0.131. The fraction of sp³-hybridized carbons (Fsp3) is 0.273. The lowest BCUT2D eigenvalue weighted by atomic mass is 10.1. The van der Waals surface area contributed by atoms with Crippen molar-refractivity contribution in [2.24, 2.45) is 0 Å². The zero-order chi connectivity index (χ0) is 21.8. The molecular formula is C22H22N2O6. The van der Waals surface area contributed by atoms with Crippen molar-refractivity contribution in [3.05, 3.63) is 64.7 Å². The first-order chi connectivity index (χ1) is 14.3. The van der Waals surface area contributed by atoms with Crippen LogP contribution in [0.1, 0.15) is 43.6 Å². The molecule has 0 saturated carbocycles. The summed E-state index contributed by atoms with van der Waals surface area (Å²) in [5.41, 5.74) is 1.39. The highest BCUT2D eigenvalue weighted by Crippen LogP contribution is 2.27. The Bertz CT molecular complexity index is 979. The predicted octanol–water partition coefficient (Wildman–Crippen LogP) is 2.13. The van der Waals surface area contributed by atoms with Crippen LogP contribution in [0.15, 0.2) is 42.5 Å². The monoisotopic (exact) mass is 410 g/mol. The van der Waals surface area contributed by atoms with E-state index in [9.17, 15) is 19.2 Å². The van der Waals surface area contributed by atoms with Gasteiger partial charge in [0.15, 0.2) is 6.61 Å². The number of esters is 1. The van der Waals surface area contributed by atoms with Gasteiger partial charge in [0.2, 0.25) is 0 Å². The molecule has 3 rings (SSSR count). The molecule has 0 unspecified atom stereocenters. The Morgan fingerprint density at radius 3 is 2.20 bits per heavy atom. The van der Waals surface area contributed by atoms with Gasteiger partial charge in [0.05, 0.1) is 24.3 Å². The van der Waals surface area contributed by atoms with Crippen molar-refractivity contribution in [1.29, 1.82) is 0 Å². The molecule has 3 amide bonds. The van der Waals surface area contributed by atoms with Crippen molar-refractivity contribution in [2.45, 2.75) is 13.5 Å². The van der Waals surface area contributed by atoms with E-state index in [2.05, 4.69) is 0 Å². The molecule has 0 saturated heterocycles. The van der Waals surface area contributed by atoms with Crippen molar-refractivity contribution < 1.29 is 28.7 Å². The largest absolute Gasteiger partial charge is 0.493 e. The maximum atomic E-state index is 12.6. The number of amides is 3. The molecule has 2 aromatic rings. The summed E-state index contributed by atoms with van der Waals surface area (Å²) in [4.78, 5) is 51.9. The number of fused-ring (bicyclic) bond motifs is 1. The van der Waals surface area contributed by atoms with Crippen molar-refractivity contribution >= 4 is 23.7 Å². The van der Waals surface area contributed by atoms with Gasteiger partial charge >= 0.3 is 5.97 Å². The minimum Gasteiger partial charge on any atom is -0.493 e. The van der Waals surface area contributed by atoms with Crippen LogP contribution in [0.5, 0.6) is 5.75 Å². The molecule has 0 fully saturated rings. The minimum absolute atomic E-state index is 0.00431. The van der Waals surface area contributed by atoms with E-state index in [0.717, 1.165) is 4.90 Å². The summed E-state index contributed by atoms with van der Waals surface area (Å²) in [6, 6.07) is 11.4. The molecule has 8 heteroatoms. The molecular weight excluding hydrogens is 388 g/mol. The summed E-state index contributed by atoms with van der Waals surface area (Å²) >= 11 is 0. The van der Waals surface area contributed by atoms with E-state index in [1.54, 1.807) is 57.4 Å². The summed E-state index contributed by atoms with van der Waals surface area (Å²) in [5, 5.41) is 0. The number of ether oxygens (including phenoxy) is 2. The number of nitrogens with zero attached hydrogens (tertiary/aromatic N) is 2. The third-order valence-corrected chi connectivity index (χ3v) is 4.61. The normalized spacial score (nSPS) is 12.6. The quantitative estimate of drug-likeness (QED) is 0.513. The fourth-order valence-corrected chi connectivity index (χ4v) is 3.02. The highest BCUT2D eigenvalue weighted by Gasteiger charge is 2.35. The molecule has 0 bridgehead atoms. The van der Waals surface area contributed by atoms with Crippen LogP contribution in [0.4, 0.5) is 0 Å². The van der Waals surface area contributed by atoms with Crippen LogP contribution in [-0.2, 0) is 16.1 Å². The highest BCUT2D eigenvalue weighted by atomic mass is 16.5. The molecule has 0 atom stereocenters. The van der Waals surface area contributed by atoms with Crippen LogP contribution >= 0.6 is 0 Å². The number of carbonyl (C=O) groups excluding carboxylic acids is 4. The second-order valence-electron chi connectivity index (χ2n) is 6.87. The maximum Gasteiger partial charge on any atom is 0.342 e. The van der Waals surface area contributed by atoms with Gasteiger partial charge in [-0.3, -0.25) is 19.3 Å². The van der Waals surface area contributed by atoms with E-state index in [1.807, 2.05) is 0 Å². The van der Waals surface area contributed by atoms with Crippen LogP contribution in [0.3, 0.4) is 0 Å². The predicted molar refractivity (Wildman–Crippen MR) is 107 cm³/mol. The Hall–Kier alpha value is -3.68. The molecule has 30 heavy (non-hydrogen) atoms. The van der Waals surface area contributed by atoms with Crippen LogP contribution in [-0.4, -0.2) is 60.8 Å². The van der Waals surface area contributed by atoms with Crippen LogP contribution in [0.2, 0.25) is 0 Å². The van der Waals surface area contributed by atoms with Crippen LogP contribution in [0, 0.1) is 0 Å². The van der Waals surface area contributed by atoms with Gasteiger partial charge < -0.3 is 14.4 Å². The number of likely N-dealkylation sites (N-methyl/N-ethyl adjacent to an activating group) is 1. The Kier molecular flexibility index (Phi) is 6.15. The van der Waals surface area contributed by atoms with Gasteiger partial charge in [-0.2, -0.15) is 0 Å². The lowest BCUT2D eigenvalue weighted by Gasteiger charge is -2.16. The average molecular weight is 410 g/mol. The van der Waals surface area contributed by atoms with E-state index in [0.29, 0.717) is 29.0 Å². The molecule has 1 heterocycles. The Morgan fingerprint density at radius 1 is 1.00 bits per heavy atom. The highest BCUT2D eigenvalue weighted by molar-refractivity contribution is 6.21. The summed E-state index contributed by atoms with van der Waals surface area (Å²) in [5.74, 6) is -1.55. The molecule has 0 N–H and O–H groups in total. The Morgan fingerprint density at radius 2 is 1.63 bits per heavy atom. The van der Waals surface area contributed by atoms with E-state index in [4.69, 9.17) is 9.47 Å². The van der Waals surface area contributed by atoms with Crippen molar-refractivity contribution in [2.75, 3.05) is 27.3 Å². The Labute approximate surface area is 174 Å². The van der Waals surface area contributed by atoms with Gasteiger partial charge in [-0.15, -0.1) is 0 Å². The van der Waals surface area contributed by atoms with Gasteiger partial charge in [0.1, 0.15) is 11.3 Å². The summed E-state index contributed by atoms with van der Waals surface area (Å²) < 4.78 is 10.6. The Balaban J connectivity index is 1.82. The number of imide groups is 1. The number of benzene rings is 2. The molecule has 0 spiro atoms. The number of hydrogen-bond donors (Lipinski definition) is 0. The standard InChI is InChI=1S/C22H22N2O6/c1-4-29-18-10-9-14(11-17(18)22(28)30-13-19(25)23(2)3)12-24-20(26)15-7-5-6-8-16(15)21(24)27/h5-11H,4,12-13H2,1-3H3. The third kappa shape index (κ3) is 4.17. The van der Waals surface area contributed by atoms with E-state index >= 15 is 0 Å². The minimum atomic E-state index is -0.724. The van der Waals surface area contributed by atoms with Crippen molar-refractivity contribution in [3.8, 4) is 5.75 Å². The molecule has 0 radical (unpaired) electrons. The third-order valence-electron chi connectivity index (χ3n) is 4.61. The first-order valence-corrected chi connectivity index (χ1v) is 9.41. The van der Waals surface area contributed by atoms with Crippen molar-refractivity contribution in [3.63, 3.8) is 0 Å². The lowest BCUT2D eigenvalue weighted by Crippen LogP contribution is -2.29. The zero-order valence-corrected chi connectivity index (χ0v) is 17.0. The average Bonchev–Trinajstić information content (AvgIpc) is 2.98. The maximum absolute atomic E-state index is 12.6. The smallest absolute Gasteiger partial charge is 0.342 e. The molecule has 8 nitrogen and oxygen atoms in total. The van der Waals surface area contributed by atoms with Gasteiger partial charge in [-0.05, 0) is 36.8 Å². The van der Waals surface area contributed by atoms with E-state index in [1.165, 1.54) is 11.0 Å². The number of rotatable bonds is 7. The summed E-state index contributed by atoms with van der Waals surface area (Å²) in [6.45, 7) is 1.70.